The van der Waals surface area contributed by atoms with Crippen LogP contribution in [-0.4, -0.2) is 11.2 Å². The molecule has 0 saturated carbocycles. The molecule has 0 aromatic carbocycles. The summed E-state index contributed by atoms with van der Waals surface area (Å²) in [5.74, 6) is 1.21. The second-order valence-corrected chi connectivity index (χ2v) is 3.39. The summed E-state index contributed by atoms with van der Waals surface area (Å²) in [6.45, 7) is 8.49. The van der Waals surface area contributed by atoms with E-state index < -0.39 is 0 Å². The lowest BCUT2D eigenvalue weighted by atomic mass is 9.83. The highest BCUT2D eigenvalue weighted by molar-refractivity contribution is 4.70. The van der Waals surface area contributed by atoms with Crippen LogP contribution >= 0.6 is 0 Å². The molecule has 0 heterocycles. The smallest absolute Gasteiger partial charge is 0.0542 e. The molecule has 2 atom stereocenters. The Morgan fingerprint density at radius 2 is 1.45 bits per heavy atom. The van der Waals surface area contributed by atoms with Gasteiger partial charge in [0.1, 0.15) is 0 Å². The first kappa shape index (κ1) is 11.0. The van der Waals surface area contributed by atoms with Crippen molar-refractivity contribution in [2.24, 2.45) is 11.8 Å². The van der Waals surface area contributed by atoms with Crippen molar-refractivity contribution in [1.29, 1.82) is 0 Å². The van der Waals surface area contributed by atoms with Crippen molar-refractivity contribution in [1.82, 2.24) is 0 Å². The van der Waals surface area contributed by atoms with Crippen LogP contribution in [0.15, 0.2) is 0 Å². The Hall–Kier alpha value is -0.0400. The lowest BCUT2D eigenvalue weighted by molar-refractivity contribution is 0.0812. The van der Waals surface area contributed by atoms with E-state index in [1.165, 1.54) is 12.8 Å². The zero-order valence-corrected chi connectivity index (χ0v) is 8.30. The van der Waals surface area contributed by atoms with Crippen LogP contribution in [0.25, 0.3) is 0 Å². The average Bonchev–Trinajstić information content (AvgIpc) is 1.99. The summed E-state index contributed by atoms with van der Waals surface area (Å²) in [5.41, 5.74) is 0. The molecular formula is C10H22O. The molecule has 1 N–H and O–H groups in total. The van der Waals surface area contributed by atoms with E-state index in [0.717, 1.165) is 6.42 Å². The molecule has 0 bridgehead atoms. The second kappa shape index (κ2) is 5.59. The number of hydrogen-bond donors (Lipinski definition) is 1. The van der Waals surface area contributed by atoms with Crippen molar-refractivity contribution in [3.63, 3.8) is 0 Å². The predicted octanol–water partition coefficient (Wildman–Crippen LogP) is 2.83. The quantitative estimate of drug-likeness (QED) is 0.652. The highest BCUT2D eigenvalue weighted by atomic mass is 16.3. The van der Waals surface area contributed by atoms with E-state index in [2.05, 4.69) is 20.8 Å². The lowest BCUT2D eigenvalue weighted by Gasteiger charge is -2.26. The van der Waals surface area contributed by atoms with E-state index in [4.69, 9.17) is 0 Å². The summed E-state index contributed by atoms with van der Waals surface area (Å²) in [6.07, 6.45) is 3.36. The van der Waals surface area contributed by atoms with Gasteiger partial charge in [0.05, 0.1) is 6.10 Å². The minimum atomic E-state index is -0.134. The van der Waals surface area contributed by atoms with Gasteiger partial charge in [-0.2, -0.15) is 0 Å². The Labute approximate surface area is 70.8 Å². The first-order valence-electron chi connectivity index (χ1n) is 4.85. The summed E-state index contributed by atoms with van der Waals surface area (Å²) in [6, 6.07) is 0. The largest absolute Gasteiger partial charge is 0.393 e. The molecule has 0 amide bonds. The molecule has 2 unspecified atom stereocenters. The number of aliphatic hydroxyl groups is 1. The van der Waals surface area contributed by atoms with Crippen LogP contribution in [0.4, 0.5) is 0 Å². The molecule has 1 nitrogen and oxygen atoms in total. The van der Waals surface area contributed by atoms with Gasteiger partial charge >= 0.3 is 0 Å². The Balaban J connectivity index is 3.98. The molecule has 0 spiro atoms. The van der Waals surface area contributed by atoms with E-state index in [0.29, 0.717) is 11.8 Å². The van der Waals surface area contributed by atoms with Crippen LogP contribution in [0, 0.1) is 11.8 Å². The number of aliphatic hydroxyl groups excluding tert-OH is 1. The molecule has 0 aliphatic rings. The molecule has 0 aliphatic carbocycles. The molecule has 0 radical (unpaired) electrons. The summed E-state index contributed by atoms with van der Waals surface area (Å²) >= 11 is 0. The number of rotatable bonds is 5. The molecule has 0 aliphatic heterocycles. The molecule has 68 valence electrons. The molecule has 0 aromatic rings. The fourth-order valence-corrected chi connectivity index (χ4v) is 1.96. The fourth-order valence-electron chi connectivity index (χ4n) is 1.96. The van der Waals surface area contributed by atoms with Gasteiger partial charge in [-0.05, 0) is 18.8 Å². The van der Waals surface area contributed by atoms with Gasteiger partial charge in [-0.25, -0.2) is 0 Å². The lowest BCUT2D eigenvalue weighted by Crippen LogP contribution is -2.24. The maximum Gasteiger partial charge on any atom is 0.0542 e. The number of hydrogen-bond acceptors (Lipinski definition) is 1. The summed E-state index contributed by atoms with van der Waals surface area (Å²) in [4.78, 5) is 0. The van der Waals surface area contributed by atoms with Crippen LogP contribution in [0.1, 0.15) is 47.0 Å². The van der Waals surface area contributed by atoms with Crippen molar-refractivity contribution in [3.8, 4) is 0 Å². The van der Waals surface area contributed by atoms with Crippen LogP contribution in [0.2, 0.25) is 0 Å². The van der Waals surface area contributed by atoms with Gasteiger partial charge in [-0.1, -0.05) is 40.0 Å². The van der Waals surface area contributed by atoms with Gasteiger partial charge in [0.2, 0.25) is 0 Å². The van der Waals surface area contributed by atoms with Gasteiger partial charge < -0.3 is 5.11 Å². The Kier molecular flexibility index (Phi) is 5.57. The zero-order valence-electron chi connectivity index (χ0n) is 8.30. The molecule has 11 heavy (non-hydrogen) atoms. The van der Waals surface area contributed by atoms with E-state index in [-0.39, 0.29) is 6.10 Å². The first-order chi connectivity index (χ1) is 5.17. The maximum absolute atomic E-state index is 9.44. The minimum absolute atomic E-state index is 0.134. The topological polar surface area (TPSA) is 20.2 Å². The summed E-state index contributed by atoms with van der Waals surface area (Å²) in [7, 11) is 0. The monoisotopic (exact) mass is 158 g/mol. The third kappa shape index (κ3) is 3.24. The highest BCUT2D eigenvalue weighted by Crippen LogP contribution is 2.25. The van der Waals surface area contributed by atoms with Gasteiger partial charge in [0.15, 0.2) is 0 Å². The Morgan fingerprint density at radius 3 is 1.55 bits per heavy atom. The first-order valence-corrected chi connectivity index (χ1v) is 4.85. The van der Waals surface area contributed by atoms with Gasteiger partial charge in [-0.15, -0.1) is 0 Å². The molecule has 0 aromatic heterocycles. The second-order valence-electron chi connectivity index (χ2n) is 3.39. The molecule has 0 rings (SSSR count). The van der Waals surface area contributed by atoms with E-state index in [1.807, 2.05) is 6.92 Å². The zero-order chi connectivity index (χ0) is 8.85. The van der Waals surface area contributed by atoms with Crippen LogP contribution in [-0.2, 0) is 0 Å². The van der Waals surface area contributed by atoms with Gasteiger partial charge in [0.25, 0.3) is 0 Å². The summed E-state index contributed by atoms with van der Waals surface area (Å²) < 4.78 is 0. The predicted molar refractivity (Wildman–Crippen MR) is 49.5 cm³/mol. The van der Waals surface area contributed by atoms with E-state index in [1.54, 1.807) is 0 Å². The van der Waals surface area contributed by atoms with Gasteiger partial charge in [-0.3, -0.25) is 0 Å². The average molecular weight is 158 g/mol. The fraction of sp³-hybridized carbons (Fsp3) is 1.00. The molecular weight excluding hydrogens is 136 g/mol. The third-order valence-electron chi connectivity index (χ3n) is 2.75. The molecule has 1 heteroatoms. The van der Waals surface area contributed by atoms with Crippen molar-refractivity contribution in [2.45, 2.75) is 53.1 Å². The van der Waals surface area contributed by atoms with E-state index in [9.17, 15) is 5.11 Å². The third-order valence-corrected chi connectivity index (χ3v) is 2.75. The minimum Gasteiger partial charge on any atom is -0.393 e. The van der Waals surface area contributed by atoms with Crippen molar-refractivity contribution in [2.75, 3.05) is 0 Å². The van der Waals surface area contributed by atoms with Crippen LogP contribution in [0.5, 0.6) is 0 Å². The van der Waals surface area contributed by atoms with Crippen molar-refractivity contribution >= 4 is 0 Å². The Bertz CT molecular complexity index is 84.9. The van der Waals surface area contributed by atoms with Crippen molar-refractivity contribution < 1.29 is 5.11 Å². The normalized spacial score (nSPS) is 16.9. The van der Waals surface area contributed by atoms with Crippen LogP contribution < -0.4 is 0 Å². The SMILES string of the molecule is CCC(CC)C(CC)C(C)O. The Morgan fingerprint density at radius 1 is 1.00 bits per heavy atom. The maximum atomic E-state index is 9.44. The van der Waals surface area contributed by atoms with Crippen molar-refractivity contribution in [3.05, 3.63) is 0 Å². The van der Waals surface area contributed by atoms with Gasteiger partial charge in [0, 0.05) is 0 Å². The summed E-state index contributed by atoms with van der Waals surface area (Å²) in [5, 5.41) is 9.44. The standard InChI is InChI=1S/C10H22O/c1-5-9(6-2)10(7-3)8(4)11/h8-11H,5-7H2,1-4H3. The van der Waals surface area contributed by atoms with Crippen LogP contribution in [0.3, 0.4) is 0 Å². The molecule has 0 fully saturated rings. The molecule has 0 saturated heterocycles. The van der Waals surface area contributed by atoms with E-state index >= 15 is 0 Å². The highest BCUT2D eigenvalue weighted by Gasteiger charge is 2.20.